The summed E-state index contributed by atoms with van der Waals surface area (Å²) in [6.07, 6.45) is 0. The third-order valence-corrected chi connectivity index (χ3v) is 4.94. The molecule has 0 spiro atoms. The fraction of sp³-hybridized carbons (Fsp3) is 0.364. The maximum absolute atomic E-state index is 12.9. The average molecular weight is 498 g/mol. The minimum Gasteiger partial charge on any atom is -0.493 e. The predicted molar refractivity (Wildman–Crippen MR) is 126 cm³/mol. The van der Waals surface area contributed by atoms with E-state index in [1.165, 1.54) is 27.2 Å². The minimum absolute atomic E-state index is 0.126. The van der Waals surface area contributed by atoms with Gasteiger partial charge in [0.25, 0.3) is 5.91 Å². The molecule has 0 saturated carbocycles. The molecule has 0 radical (unpaired) electrons. The molecule has 2 rings (SSSR count). The lowest BCUT2D eigenvalue weighted by atomic mass is 10.2. The molecule has 0 aliphatic carbocycles. The van der Waals surface area contributed by atoms with Gasteiger partial charge in [0.2, 0.25) is 6.04 Å². The molecule has 1 N–H and O–H groups in total. The Morgan fingerprint density at radius 1 is 0.970 bits per heavy atom. The van der Waals surface area contributed by atoms with Crippen molar-refractivity contribution in [2.24, 2.45) is 10.2 Å². The Morgan fingerprint density at radius 3 is 2.21 bits per heavy atom. The molecule has 1 atom stereocenters. The van der Waals surface area contributed by atoms with Crippen LogP contribution in [0.1, 0.15) is 20.8 Å². The maximum atomic E-state index is 12.9. The average Bonchev–Trinajstić information content (AvgIpc) is 2.78. The number of carbonyl (C=O) groups is 2. The lowest BCUT2D eigenvalue weighted by Gasteiger charge is -2.17. The highest BCUT2D eigenvalue weighted by Crippen LogP contribution is 2.42. The van der Waals surface area contributed by atoms with Crippen LogP contribution in [0.25, 0.3) is 0 Å². The number of hydrogen-bond donors (Lipinski definition) is 1. The van der Waals surface area contributed by atoms with Gasteiger partial charge >= 0.3 is 0 Å². The topological polar surface area (TPSA) is 108 Å². The fourth-order valence-corrected chi connectivity index (χ4v) is 3.27. The van der Waals surface area contributed by atoms with E-state index in [4.69, 9.17) is 42.1 Å². The number of carbonyl (C=O) groups excluding carboxylic acids is 2. The molecule has 0 aliphatic heterocycles. The van der Waals surface area contributed by atoms with Gasteiger partial charge in [-0.05, 0) is 45.0 Å². The molecule has 0 fully saturated rings. The lowest BCUT2D eigenvalue weighted by Crippen LogP contribution is -2.32. The molecule has 1 unspecified atom stereocenters. The molecule has 11 heteroatoms. The van der Waals surface area contributed by atoms with Gasteiger partial charge < -0.3 is 24.3 Å². The molecule has 0 saturated heterocycles. The molecule has 33 heavy (non-hydrogen) atoms. The van der Waals surface area contributed by atoms with E-state index in [9.17, 15) is 9.59 Å². The number of methoxy groups -OCH3 is 2. The quantitative estimate of drug-likeness (QED) is 0.324. The fourth-order valence-electron chi connectivity index (χ4n) is 2.80. The third kappa shape index (κ3) is 6.27. The number of ether oxygens (including phenoxy) is 4. The van der Waals surface area contributed by atoms with Gasteiger partial charge in [-0.3, -0.25) is 9.59 Å². The highest BCUT2D eigenvalue weighted by atomic mass is 35.5. The molecule has 0 aromatic heterocycles. The highest BCUT2D eigenvalue weighted by molar-refractivity contribution is 6.34. The van der Waals surface area contributed by atoms with Gasteiger partial charge in [-0.15, -0.1) is 0 Å². The number of Topliss-reactive ketones (excluding diaryl/α,β-unsaturated/α-hetero) is 1. The number of nitrogens with one attached hydrogen (secondary N) is 1. The van der Waals surface area contributed by atoms with Crippen LogP contribution in [0.5, 0.6) is 23.0 Å². The first-order valence-electron chi connectivity index (χ1n) is 9.99. The van der Waals surface area contributed by atoms with E-state index in [1.54, 1.807) is 32.0 Å². The molecule has 2 aromatic rings. The number of nitrogens with zero attached hydrogens (tertiary/aromatic N) is 2. The Morgan fingerprint density at radius 2 is 1.64 bits per heavy atom. The second-order valence-corrected chi connectivity index (χ2v) is 7.26. The second kappa shape index (κ2) is 12.3. The Labute approximate surface area is 202 Å². The van der Waals surface area contributed by atoms with E-state index in [0.717, 1.165) is 0 Å². The standard InChI is InChI=1S/C22H25Cl2N3O6/c1-6-32-19-13(23)8-9-15(20(19)33-7-2)25-22(29)18(12(3)28)27-26-14-10-11-16(30-4)21(31-5)17(14)24/h8-11,18H,6-7H2,1-5H3,(H,25,29). The molecule has 2 aromatic carbocycles. The third-order valence-electron chi connectivity index (χ3n) is 4.28. The maximum Gasteiger partial charge on any atom is 0.258 e. The summed E-state index contributed by atoms with van der Waals surface area (Å²) in [5, 5.41) is 11.0. The number of amides is 1. The van der Waals surface area contributed by atoms with Crippen LogP contribution >= 0.6 is 23.2 Å². The van der Waals surface area contributed by atoms with Crippen molar-refractivity contribution >= 4 is 46.3 Å². The van der Waals surface area contributed by atoms with Crippen molar-refractivity contribution in [3.63, 3.8) is 0 Å². The van der Waals surface area contributed by atoms with Gasteiger partial charge in [0.15, 0.2) is 28.8 Å². The minimum atomic E-state index is -1.44. The summed E-state index contributed by atoms with van der Waals surface area (Å²) >= 11 is 12.5. The van der Waals surface area contributed by atoms with Gasteiger partial charge in [0.1, 0.15) is 10.7 Å². The van der Waals surface area contributed by atoms with Crippen LogP contribution in [-0.2, 0) is 9.59 Å². The number of benzene rings is 2. The largest absolute Gasteiger partial charge is 0.493 e. The van der Waals surface area contributed by atoms with Crippen LogP contribution in [0.4, 0.5) is 11.4 Å². The number of anilines is 1. The first-order chi connectivity index (χ1) is 15.8. The van der Waals surface area contributed by atoms with Gasteiger partial charge in [-0.1, -0.05) is 23.2 Å². The van der Waals surface area contributed by atoms with Gasteiger partial charge in [0.05, 0.1) is 38.1 Å². The SMILES string of the molecule is CCOc1c(Cl)ccc(NC(=O)C(N=Nc2ccc(OC)c(OC)c2Cl)C(C)=O)c1OCC. The number of halogens is 2. The summed E-state index contributed by atoms with van der Waals surface area (Å²) in [6, 6.07) is 4.78. The van der Waals surface area contributed by atoms with E-state index in [2.05, 4.69) is 15.5 Å². The Kier molecular flexibility index (Phi) is 9.74. The second-order valence-electron chi connectivity index (χ2n) is 6.47. The molecule has 9 nitrogen and oxygen atoms in total. The van der Waals surface area contributed by atoms with Crippen molar-refractivity contribution in [3.8, 4) is 23.0 Å². The summed E-state index contributed by atoms with van der Waals surface area (Å²) < 4.78 is 21.6. The molecule has 178 valence electrons. The van der Waals surface area contributed by atoms with Crippen molar-refractivity contribution in [2.75, 3.05) is 32.8 Å². The van der Waals surface area contributed by atoms with E-state index in [0.29, 0.717) is 24.0 Å². The normalized spacial score (nSPS) is 11.7. The number of ketones is 1. The Hall–Kier alpha value is -3.04. The lowest BCUT2D eigenvalue weighted by molar-refractivity contribution is -0.126. The van der Waals surface area contributed by atoms with Crippen LogP contribution in [0.2, 0.25) is 10.0 Å². The van der Waals surface area contributed by atoms with Gasteiger partial charge in [0, 0.05) is 0 Å². The predicted octanol–water partition coefficient (Wildman–Crippen LogP) is 5.49. The van der Waals surface area contributed by atoms with Crippen molar-refractivity contribution in [1.29, 1.82) is 0 Å². The zero-order valence-electron chi connectivity index (χ0n) is 18.9. The van der Waals surface area contributed by atoms with Crippen molar-refractivity contribution in [3.05, 3.63) is 34.3 Å². The van der Waals surface area contributed by atoms with Crippen LogP contribution in [0.3, 0.4) is 0 Å². The zero-order chi connectivity index (χ0) is 24.5. The summed E-state index contributed by atoms with van der Waals surface area (Å²) in [5.74, 6) is -0.0401. The van der Waals surface area contributed by atoms with Crippen molar-refractivity contribution in [1.82, 2.24) is 0 Å². The van der Waals surface area contributed by atoms with E-state index < -0.39 is 17.7 Å². The Balaban J connectivity index is 2.36. The summed E-state index contributed by atoms with van der Waals surface area (Å²) in [6.45, 7) is 5.45. The van der Waals surface area contributed by atoms with Crippen LogP contribution < -0.4 is 24.3 Å². The number of rotatable bonds is 11. The van der Waals surface area contributed by atoms with Crippen LogP contribution in [-0.4, -0.2) is 45.2 Å². The van der Waals surface area contributed by atoms with Gasteiger partial charge in [-0.25, -0.2) is 0 Å². The number of azo groups is 1. The van der Waals surface area contributed by atoms with Crippen LogP contribution in [0.15, 0.2) is 34.5 Å². The van der Waals surface area contributed by atoms with E-state index in [1.807, 2.05) is 0 Å². The Bertz CT molecular complexity index is 1050. The monoisotopic (exact) mass is 497 g/mol. The summed E-state index contributed by atoms with van der Waals surface area (Å²) in [5.41, 5.74) is 0.480. The summed E-state index contributed by atoms with van der Waals surface area (Å²) in [7, 11) is 2.89. The molecule has 0 aliphatic rings. The van der Waals surface area contributed by atoms with Gasteiger partial charge in [-0.2, -0.15) is 10.2 Å². The van der Waals surface area contributed by atoms with E-state index >= 15 is 0 Å². The molecule has 0 bridgehead atoms. The molecular weight excluding hydrogens is 473 g/mol. The van der Waals surface area contributed by atoms with Crippen LogP contribution in [0, 0.1) is 0 Å². The first kappa shape index (κ1) is 26.2. The first-order valence-corrected chi connectivity index (χ1v) is 10.7. The smallest absolute Gasteiger partial charge is 0.258 e. The summed E-state index contributed by atoms with van der Waals surface area (Å²) in [4.78, 5) is 25.1. The molecule has 0 heterocycles. The van der Waals surface area contributed by atoms with E-state index in [-0.39, 0.29) is 33.6 Å². The highest BCUT2D eigenvalue weighted by Gasteiger charge is 2.26. The number of hydrogen-bond acceptors (Lipinski definition) is 8. The van der Waals surface area contributed by atoms with Crippen molar-refractivity contribution in [2.45, 2.75) is 26.8 Å². The zero-order valence-corrected chi connectivity index (χ0v) is 20.4. The van der Waals surface area contributed by atoms with Crippen molar-refractivity contribution < 1.29 is 28.5 Å². The molecule has 1 amide bonds. The molecular formula is C22H25Cl2N3O6.